The molecular formula is C20H34N4O5Si. The Morgan fingerprint density at radius 3 is 2.23 bits per heavy atom. The van der Waals surface area contributed by atoms with Gasteiger partial charge in [0.2, 0.25) is 14.2 Å². The molecule has 168 valence electrons. The molecule has 0 aromatic heterocycles. The molecule has 10 heteroatoms. The number of nitrogens with two attached hydrogens (primary N) is 1. The van der Waals surface area contributed by atoms with Crippen LogP contribution in [0.5, 0.6) is 5.75 Å². The number of benzene rings is 1. The molecule has 0 aliphatic heterocycles. The lowest BCUT2D eigenvalue weighted by Gasteiger charge is -2.36. The quantitative estimate of drug-likeness (QED) is 0.347. The fourth-order valence-corrected chi connectivity index (χ4v) is 3.30. The highest BCUT2D eigenvalue weighted by Gasteiger charge is 2.38. The van der Waals surface area contributed by atoms with E-state index in [2.05, 4.69) is 54.6 Å². The largest absolute Gasteiger partial charge is 0.544 e. The first-order valence-corrected chi connectivity index (χ1v) is 12.7. The number of carbonyl (C=O) groups excluding carboxylic acids is 3. The zero-order chi connectivity index (χ0) is 22.9. The first-order chi connectivity index (χ1) is 13.9. The lowest BCUT2D eigenvalue weighted by Crippen LogP contribution is -2.44. The predicted octanol–water partition coefficient (Wildman–Crippen LogP) is 3.18. The van der Waals surface area contributed by atoms with Crippen LogP contribution in [-0.2, 0) is 9.53 Å². The lowest BCUT2D eigenvalue weighted by molar-refractivity contribution is -0.118. The SMILES string of the molecule is COC(=O)N[C@@H](CCCNC(N)=O)C(=O)Nc1ccc(O[Si](C)(C)C(C)(C)C)cc1. The molecule has 5 N–H and O–H groups in total. The van der Waals surface area contributed by atoms with Crippen molar-refractivity contribution in [3.05, 3.63) is 24.3 Å². The average molecular weight is 439 g/mol. The third-order valence-corrected chi connectivity index (χ3v) is 9.42. The molecule has 9 nitrogen and oxygen atoms in total. The van der Waals surface area contributed by atoms with Gasteiger partial charge < -0.3 is 30.8 Å². The van der Waals surface area contributed by atoms with E-state index in [1.54, 1.807) is 12.1 Å². The van der Waals surface area contributed by atoms with Crippen LogP contribution in [0.3, 0.4) is 0 Å². The van der Waals surface area contributed by atoms with Gasteiger partial charge in [0.05, 0.1) is 7.11 Å². The highest BCUT2D eigenvalue weighted by molar-refractivity contribution is 6.74. The van der Waals surface area contributed by atoms with Crippen molar-refractivity contribution in [3.63, 3.8) is 0 Å². The number of hydrogen-bond acceptors (Lipinski definition) is 5. The Morgan fingerprint density at radius 1 is 1.13 bits per heavy atom. The van der Waals surface area contributed by atoms with Crippen molar-refractivity contribution in [2.45, 2.75) is 57.8 Å². The number of carbonyl (C=O) groups is 3. The summed E-state index contributed by atoms with van der Waals surface area (Å²) in [5, 5.41) is 7.80. The summed E-state index contributed by atoms with van der Waals surface area (Å²) in [6.07, 6.45) is 0.0362. The molecule has 0 radical (unpaired) electrons. The predicted molar refractivity (Wildman–Crippen MR) is 119 cm³/mol. The Kier molecular flexibility index (Phi) is 9.15. The van der Waals surface area contributed by atoms with Gasteiger partial charge in [0.1, 0.15) is 11.8 Å². The Balaban J connectivity index is 2.75. The molecule has 0 saturated carbocycles. The summed E-state index contributed by atoms with van der Waals surface area (Å²) < 4.78 is 10.8. The molecular weight excluding hydrogens is 404 g/mol. The van der Waals surface area contributed by atoms with E-state index in [0.717, 1.165) is 5.75 Å². The van der Waals surface area contributed by atoms with Crippen molar-refractivity contribution < 1.29 is 23.5 Å². The number of hydrogen-bond donors (Lipinski definition) is 4. The second kappa shape index (κ2) is 10.9. The van der Waals surface area contributed by atoms with Gasteiger partial charge >= 0.3 is 12.1 Å². The number of urea groups is 1. The summed E-state index contributed by atoms with van der Waals surface area (Å²) in [4.78, 5) is 34.9. The molecule has 0 bridgehead atoms. The van der Waals surface area contributed by atoms with Crippen LogP contribution in [-0.4, -0.2) is 46.0 Å². The van der Waals surface area contributed by atoms with E-state index in [1.165, 1.54) is 7.11 Å². The molecule has 30 heavy (non-hydrogen) atoms. The molecule has 0 spiro atoms. The minimum absolute atomic E-state index is 0.0794. The summed E-state index contributed by atoms with van der Waals surface area (Å²) >= 11 is 0. The number of nitrogens with one attached hydrogen (secondary N) is 3. The first-order valence-electron chi connectivity index (χ1n) is 9.83. The van der Waals surface area contributed by atoms with Crippen LogP contribution in [0.2, 0.25) is 18.1 Å². The number of alkyl carbamates (subject to hydrolysis) is 1. The van der Waals surface area contributed by atoms with E-state index < -0.39 is 32.4 Å². The van der Waals surface area contributed by atoms with Crippen molar-refractivity contribution in [1.82, 2.24) is 10.6 Å². The molecule has 4 amide bonds. The lowest BCUT2D eigenvalue weighted by atomic mass is 10.1. The van der Waals surface area contributed by atoms with Crippen molar-refractivity contribution >= 4 is 32.0 Å². The third kappa shape index (κ3) is 8.32. The molecule has 0 unspecified atom stereocenters. The minimum atomic E-state index is -1.95. The molecule has 1 rings (SSSR count). The van der Waals surface area contributed by atoms with Gasteiger partial charge in [-0.25, -0.2) is 9.59 Å². The van der Waals surface area contributed by atoms with Crippen molar-refractivity contribution in [2.75, 3.05) is 19.0 Å². The Morgan fingerprint density at radius 2 is 1.73 bits per heavy atom. The first kappa shape index (κ1) is 25.3. The normalized spacial score (nSPS) is 12.5. The van der Waals surface area contributed by atoms with Gasteiger partial charge in [0.15, 0.2) is 0 Å². The van der Waals surface area contributed by atoms with Gasteiger partial charge in [-0.1, -0.05) is 20.8 Å². The maximum absolute atomic E-state index is 12.6. The Hall–Kier alpha value is -2.75. The smallest absolute Gasteiger partial charge is 0.407 e. The zero-order valence-electron chi connectivity index (χ0n) is 18.6. The number of amides is 4. The minimum Gasteiger partial charge on any atom is -0.544 e. The number of methoxy groups -OCH3 is 1. The molecule has 0 heterocycles. The Labute approximate surface area is 179 Å². The van der Waals surface area contributed by atoms with Gasteiger partial charge in [0, 0.05) is 12.2 Å². The van der Waals surface area contributed by atoms with Crippen LogP contribution in [0.1, 0.15) is 33.6 Å². The summed E-state index contributed by atoms with van der Waals surface area (Å²) in [5.74, 6) is 0.360. The van der Waals surface area contributed by atoms with Gasteiger partial charge in [-0.2, -0.15) is 0 Å². The van der Waals surface area contributed by atoms with Crippen molar-refractivity contribution in [3.8, 4) is 5.75 Å². The summed E-state index contributed by atoms with van der Waals surface area (Å²) in [6, 6.07) is 5.67. The van der Waals surface area contributed by atoms with Gasteiger partial charge in [0.25, 0.3) is 0 Å². The monoisotopic (exact) mass is 438 g/mol. The maximum atomic E-state index is 12.6. The maximum Gasteiger partial charge on any atom is 0.407 e. The van der Waals surface area contributed by atoms with Crippen LogP contribution in [0, 0.1) is 0 Å². The van der Waals surface area contributed by atoms with Gasteiger partial charge in [-0.15, -0.1) is 0 Å². The van der Waals surface area contributed by atoms with Gasteiger partial charge in [-0.3, -0.25) is 4.79 Å². The van der Waals surface area contributed by atoms with Crippen LogP contribution in [0.25, 0.3) is 0 Å². The number of anilines is 1. The standard InChI is InChI=1S/C20H34N4O5Si/c1-20(2,3)30(5,6)29-15-11-9-14(10-12-15)23-17(25)16(24-19(27)28-4)8-7-13-22-18(21)26/h9-12,16H,7-8,13H2,1-6H3,(H,23,25)(H,24,27)(H3,21,22,26)/t16-/m0/s1. The second-order valence-electron chi connectivity index (χ2n) is 8.50. The molecule has 0 fully saturated rings. The summed E-state index contributed by atoms with van der Waals surface area (Å²) in [7, 11) is -0.728. The Bertz CT molecular complexity index is 732. The highest BCUT2D eigenvalue weighted by Crippen LogP contribution is 2.37. The van der Waals surface area contributed by atoms with E-state index in [1.807, 2.05) is 12.1 Å². The van der Waals surface area contributed by atoms with Crippen LogP contribution in [0.15, 0.2) is 24.3 Å². The van der Waals surface area contributed by atoms with Crippen LogP contribution < -0.4 is 26.1 Å². The molecule has 1 aromatic carbocycles. The summed E-state index contributed by atoms with van der Waals surface area (Å²) in [6.45, 7) is 11.1. The number of primary amides is 1. The van der Waals surface area contributed by atoms with E-state index in [4.69, 9.17) is 10.2 Å². The zero-order valence-corrected chi connectivity index (χ0v) is 19.6. The topological polar surface area (TPSA) is 132 Å². The van der Waals surface area contributed by atoms with E-state index >= 15 is 0 Å². The molecule has 1 aromatic rings. The van der Waals surface area contributed by atoms with Crippen LogP contribution in [0.4, 0.5) is 15.3 Å². The number of rotatable bonds is 9. The van der Waals surface area contributed by atoms with E-state index in [-0.39, 0.29) is 5.04 Å². The fraction of sp³-hybridized carbons (Fsp3) is 0.550. The third-order valence-electron chi connectivity index (χ3n) is 5.06. The van der Waals surface area contributed by atoms with Gasteiger partial charge in [-0.05, 0) is 55.2 Å². The fourth-order valence-electron chi connectivity index (χ4n) is 2.27. The highest BCUT2D eigenvalue weighted by atomic mass is 28.4. The molecule has 0 aliphatic rings. The average Bonchev–Trinajstić information content (AvgIpc) is 2.64. The van der Waals surface area contributed by atoms with E-state index in [9.17, 15) is 14.4 Å². The molecule has 1 atom stereocenters. The van der Waals surface area contributed by atoms with Crippen molar-refractivity contribution in [1.29, 1.82) is 0 Å². The summed E-state index contributed by atoms with van der Waals surface area (Å²) in [5.41, 5.74) is 5.60. The molecule has 0 aliphatic carbocycles. The van der Waals surface area contributed by atoms with E-state index in [0.29, 0.717) is 25.1 Å². The van der Waals surface area contributed by atoms with Crippen molar-refractivity contribution in [2.24, 2.45) is 5.73 Å². The van der Waals surface area contributed by atoms with Crippen LogP contribution >= 0.6 is 0 Å². The second-order valence-corrected chi connectivity index (χ2v) is 13.2. The number of ether oxygens (including phenoxy) is 1. The molecule has 0 saturated heterocycles.